The highest BCUT2D eigenvalue weighted by atomic mass is 16.5. The molecule has 5 nitrogen and oxygen atoms in total. The molecule has 0 saturated carbocycles. The summed E-state index contributed by atoms with van der Waals surface area (Å²) in [5.74, 6) is 0.932. The monoisotopic (exact) mass is 225 g/mol. The Morgan fingerprint density at radius 1 is 1.62 bits per heavy atom. The number of nitrogens with zero attached hydrogens (tertiary/aromatic N) is 3. The Bertz CT molecular complexity index is 366. The van der Waals surface area contributed by atoms with Crippen LogP contribution in [0.15, 0.2) is 4.52 Å². The second-order valence-electron chi connectivity index (χ2n) is 4.66. The topological polar surface area (TPSA) is 62.4 Å². The van der Waals surface area contributed by atoms with E-state index < -0.39 is 5.60 Å². The van der Waals surface area contributed by atoms with E-state index in [1.54, 1.807) is 6.92 Å². The van der Waals surface area contributed by atoms with Crippen molar-refractivity contribution in [2.24, 2.45) is 0 Å². The molecule has 0 spiro atoms. The molecule has 0 radical (unpaired) electrons. The number of aromatic nitrogens is 2. The molecule has 1 saturated heterocycles. The van der Waals surface area contributed by atoms with E-state index in [1.807, 2.05) is 0 Å². The Hall–Kier alpha value is -0.940. The van der Waals surface area contributed by atoms with Gasteiger partial charge in [-0.15, -0.1) is 0 Å². The van der Waals surface area contributed by atoms with E-state index in [-0.39, 0.29) is 0 Å². The lowest BCUT2D eigenvalue weighted by atomic mass is 10.0. The molecule has 1 fully saturated rings. The summed E-state index contributed by atoms with van der Waals surface area (Å²) in [5, 5.41) is 14.2. The average molecular weight is 225 g/mol. The lowest BCUT2D eigenvalue weighted by Gasteiger charge is -2.24. The van der Waals surface area contributed by atoms with Gasteiger partial charge in [-0.05, 0) is 26.7 Å². The van der Waals surface area contributed by atoms with Crippen LogP contribution in [0, 0.1) is 6.92 Å². The summed E-state index contributed by atoms with van der Waals surface area (Å²) < 4.78 is 5.08. The van der Waals surface area contributed by atoms with Crippen LogP contribution < -0.4 is 0 Å². The average Bonchev–Trinajstić information content (AvgIpc) is 2.85. The summed E-state index contributed by atoms with van der Waals surface area (Å²) in [6.45, 7) is 7.55. The number of aliphatic hydroxyl groups is 1. The van der Waals surface area contributed by atoms with E-state index in [0.717, 1.165) is 13.0 Å². The van der Waals surface area contributed by atoms with Crippen LogP contribution in [-0.2, 0) is 5.60 Å². The smallest absolute Gasteiger partial charge is 0.259 e. The van der Waals surface area contributed by atoms with E-state index in [2.05, 4.69) is 28.9 Å². The molecule has 1 N–H and O–H groups in total. The Labute approximate surface area is 95.4 Å². The van der Waals surface area contributed by atoms with Gasteiger partial charge in [-0.1, -0.05) is 12.1 Å². The van der Waals surface area contributed by atoms with Crippen molar-refractivity contribution >= 4 is 0 Å². The van der Waals surface area contributed by atoms with Crippen molar-refractivity contribution in [2.45, 2.75) is 45.3 Å². The van der Waals surface area contributed by atoms with Gasteiger partial charge in [0.05, 0.1) is 0 Å². The van der Waals surface area contributed by atoms with Gasteiger partial charge < -0.3 is 9.63 Å². The van der Waals surface area contributed by atoms with Crippen LogP contribution in [0.2, 0.25) is 0 Å². The van der Waals surface area contributed by atoms with Gasteiger partial charge in [-0.2, -0.15) is 4.98 Å². The fourth-order valence-electron chi connectivity index (χ4n) is 2.12. The fourth-order valence-corrected chi connectivity index (χ4v) is 2.12. The second kappa shape index (κ2) is 4.14. The molecule has 0 aromatic carbocycles. The quantitative estimate of drug-likeness (QED) is 0.833. The summed E-state index contributed by atoms with van der Waals surface area (Å²) in [4.78, 5) is 6.39. The van der Waals surface area contributed by atoms with Crippen molar-refractivity contribution < 1.29 is 9.63 Å². The predicted octanol–water partition coefficient (Wildman–Crippen LogP) is 1.07. The minimum Gasteiger partial charge on any atom is -0.379 e. The van der Waals surface area contributed by atoms with Crippen molar-refractivity contribution in [1.82, 2.24) is 15.0 Å². The minimum absolute atomic E-state index is 0.357. The van der Waals surface area contributed by atoms with E-state index in [4.69, 9.17) is 4.52 Å². The zero-order valence-corrected chi connectivity index (χ0v) is 10.1. The number of β-amino-alcohol motifs (C(OH)–C–C–N with tert-alkyl or cyclic N) is 1. The van der Waals surface area contributed by atoms with Gasteiger partial charge >= 0.3 is 0 Å². The van der Waals surface area contributed by atoms with Crippen molar-refractivity contribution in [2.75, 3.05) is 13.1 Å². The SMILES string of the molecule is CCC(C)N1CCC(O)(c2nc(C)no2)C1. The molecule has 2 atom stereocenters. The van der Waals surface area contributed by atoms with E-state index >= 15 is 0 Å². The Morgan fingerprint density at radius 2 is 2.38 bits per heavy atom. The Balaban J connectivity index is 2.11. The van der Waals surface area contributed by atoms with Crippen molar-refractivity contribution in [3.63, 3.8) is 0 Å². The summed E-state index contributed by atoms with van der Waals surface area (Å²) in [5.41, 5.74) is -0.954. The van der Waals surface area contributed by atoms with E-state index in [1.165, 1.54) is 0 Å². The Morgan fingerprint density at radius 3 is 2.94 bits per heavy atom. The number of aryl methyl sites for hydroxylation is 1. The minimum atomic E-state index is -0.954. The highest BCUT2D eigenvalue weighted by Gasteiger charge is 2.43. The van der Waals surface area contributed by atoms with Gasteiger partial charge in [0.2, 0.25) is 0 Å². The molecule has 1 aromatic rings. The first-order chi connectivity index (χ1) is 7.55. The van der Waals surface area contributed by atoms with Gasteiger partial charge in [-0.3, -0.25) is 4.90 Å². The molecule has 2 rings (SSSR count). The van der Waals surface area contributed by atoms with Crippen LogP contribution in [0.25, 0.3) is 0 Å². The van der Waals surface area contributed by atoms with Crippen LogP contribution in [0.3, 0.4) is 0 Å². The molecule has 90 valence electrons. The number of rotatable bonds is 3. The van der Waals surface area contributed by atoms with Crippen molar-refractivity contribution in [3.05, 3.63) is 11.7 Å². The Kier molecular flexibility index (Phi) is 2.99. The maximum absolute atomic E-state index is 10.5. The molecule has 0 bridgehead atoms. The zero-order chi connectivity index (χ0) is 11.8. The first-order valence-electron chi connectivity index (χ1n) is 5.82. The van der Waals surface area contributed by atoms with Crippen LogP contribution in [0.5, 0.6) is 0 Å². The van der Waals surface area contributed by atoms with E-state index in [0.29, 0.717) is 30.7 Å². The summed E-state index contributed by atoms with van der Waals surface area (Å²) in [7, 11) is 0. The first kappa shape index (κ1) is 11.5. The van der Waals surface area contributed by atoms with Crippen molar-refractivity contribution in [1.29, 1.82) is 0 Å². The first-order valence-corrected chi connectivity index (χ1v) is 5.82. The maximum atomic E-state index is 10.5. The third-order valence-corrected chi connectivity index (χ3v) is 3.42. The molecule has 0 amide bonds. The molecule has 2 heterocycles. The molecule has 1 aliphatic heterocycles. The van der Waals surface area contributed by atoms with Gasteiger partial charge in [0.15, 0.2) is 11.4 Å². The van der Waals surface area contributed by atoms with Crippen LogP contribution in [-0.4, -0.2) is 39.3 Å². The van der Waals surface area contributed by atoms with Gasteiger partial charge in [-0.25, -0.2) is 0 Å². The lowest BCUT2D eigenvalue weighted by molar-refractivity contribution is 0.0101. The zero-order valence-electron chi connectivity index (χ0n) is 10.1. The van der Waals surface area contributed by atoms with Crippen LogP contribution in [0.4, 0.5) is 0 Å². The van der Waals surface area contributed by atoms with Gasteiger partial charge in [0.1, 0.15) is 0 Å². The molecule has 0 aliphatic carbocycles. The highest BCUT2D eigenvalue weighted by molar-refractivity contribution is 5.04. The molecule has 5 heteroatoms. The van der Waals surface area contributed by atoms with E-state index in [9.17, 15) is 5.11 Å². The van der Waals surface area contributed by atoms with Gasteiger partial charge in [0, 0.05) is 19.1 Å². The third-order valence-electron chi connectivity index (χ3n) is 3.42. The third kappa shape index (κ3) is 1.97. The molecule has 1 aliphatic rings. The molecule has 1 aromatic heterocycles. The maximum Gasteiger partial charge on any atom is 0.259 e. The van der Waals surface area contributed by atoms with Crippen LogP contribution >= 0.6 is 0 Å². The summed E-state index contributed by atoms with van der Waals surface area (Å²) in [6, 6.07) is 0.484. The van der Waals surface area contributed by atoms with Crippen molar-refractivity contribution in [3.8, 4) is 0 Å². The lowest BCUT2D eigenvalue weighted by Crippen LogP contribution is -2.35. The second-order valence-corrected chi connectivity index (χ2v) is 4.66. The predicted molar refractivity (Wildman–Crippen MR) is 58.9 cm³/mol. The number of likely N-dealkylation sites (tertiary alicyclic amines) is 1. The summed E-state index contributed by atoms with van der Waals surface area (Å²) in [6.07, 6.45) is 1.75. The standard InChI is InChI=1S/C11H19N3O2/c1-4-8(2)14-6-5-11(15,7-14)10-12-9(3)13-16-10/h8,15H,4-7H2,1-3H3. The molecule has 16 heavy (non-hydrogen) atoms. The highest BCUT2D eigenvalue weighted by Crippen LogP contribution is 2.32. The number of hydrogen-bond acceptors (Lipinski definition) is 5. The normalized spacial score (nSPS) is 28.5. The van der Waals surface area contributed by atoms with Crippen LogP contribution in [0.1, 0.15) is 38.4 Å². The molecule has 2 unspecified atom stereocenters. The molecular formula is C11H19N3O2. The number of hydrogen-bond donors (Lipinski definition) is 1. The van der Waals surface area contributed by atoms with Gasteiger partial charge in [0.25, 0.3) is 5.89 Å². The summed E-state index contributed by atoms with van der Waals surface area (Å²) >= 11 is 0. The molecular weight excluding hydrogens is 206 g/mol. The largest absolute Gasteiger partial charge is 0.379 e. The fraction of sp³-hybridized carbons (Fsp3) is 0.818.